The van der Waals surface area contributed by atoms with E-state index in [-0.39, 0.29) is 17.9 Å². The minimum atomic E-state index is -0.932. The van der Waals surface area contributed by atoms with Crippen LogP contribution in [0.4, 0.5) is 8.78 Å². The van der Waals surface area contributed by atoms with E-state index >= 15 is 0 Å². The number of nitrogens with zero attached hydrogens (tertiary/aromatic N) is 1. The highest BCUT2D eigenvalue weighted by Gasteiger charge is 2.46. The number of fused-ring (bicyclic) bond motifs is 1. The molecule has 5 nitrogen and oxygen atoms in total. The maximum atomic E-state index is 13.6. The number of Topliss-reactive ketones (excluding diaryl/α,β-unsaturated/α-hetero) is 1. The van der Waals surface area contributed by atoms with E-state index in [9.17, 15) is 23.5 Å². The molecule has 0 spiro atoms. The van der Waals surface area contributed by atoms with Crippen LogP contribution in [0.2, 0.25) is 0 Å². The van der Waals surface area contributed by atoms with Crippen molar-refractivity contribution in [3.8, 4) is 5.75 Å². The summed E-state index contributed by atoms with van der Waals surface area (Å²) >= 11 is 0. The number of rotatable bonds is 4. The maximum absolute atomic E-state index is 13.6. The Kier molecular flexibility index (Phi) is 5.61. The summed E-state index contributed by atoms with van der Waals surface area (Å²) in [5.74, 6) is -2.08. The van der Waals surface area contributed by atoms with E-state index in [2.05, 4.69) is 0 Å². The summed E-state index contributed by atoms with van der Waals surface area (Å²) in [6.07, 6.45) is 1.62. The normalized spacial score (nSPS) is 19.1. The Bertz CT molecular complexity index is 1300. The largest absolute Gasteiger partial charge is 0.507 e. The first-order valence-electron chi connectivity index (χ1n) is 11.0. The molecule has 0 bridgehead atoms. The SMILES string of the molecule is O=C1C(=O)N(Cc2ccc(F)cc2)C(c2ccc(F)cc2)/C1=C(/O)c1ccc2c(c1)CCCO2. The molecule has 1 unspecified atom stereocenters. The van der Waals surface area contributed by atoms with Crippen LogP contribution < -0.4 is 4.74 Å². The molecule has 0 aliphatic carbocycles. The number of hydrogen-bond donors (Lipinski definition) is 1. The molecule has 3 aromatic carbocycles. The lowest BCUT2D eigenvalue weighted by molar-refractivity contribution is -0.140. The maximum Gasteiger partial charge on any atom is 0.295 e. The number of carbonyl (C=O) groups is 2. The van der Waals surface area contributed by atoms with Crippen molar-refractivity contribution < 1.29 is 28.2 Å². The summed E-state index contributed by atoms with van der Waals surface area (Å²) in [6, 6.07) is 15.3. The fourth-order valence-electron chi connectivity index (χ4n) is 4.48. The molecule has 1 fully saturated rings. The van der Waals surface area contributed by atoms with E-state index < -0.39 is 29.4 Å². The first kappa shape index (κ1) is 21.8. The molecule has 2 aliphatic heterocycles. The van der Waals surface area contributed by atoms with Crippen LogP contribution >= 0.6 is 0 Å². The molecule has 3 aromatic rings. The third-order valence-corrected chi connectivity index (χ3v) is 6.17. The fraction of sp³-hybridized carbons (Fsp3) is 0.185. The predicted octanol–water partition coefficient (Wildman–Crippen LogP) is 4.91. The Morgan fingerprint density at radius 3 is 2.35 bits per heavy atom. The van der Waals surface area contributed by atoms with Crippen LogP contribution in [-0.2, 0) is 22.6 Å². The number of carbonyl (C=O) groups excluding carboxylic acids is 2. The van der Waals surface area contributed by atoms with Crippen LogP contribution in [0.15, 0.2) is 72.3 Å². The molecule has 0 aromatic heterocycles. The average molecular weight is 461 g/mol. The molecule has 0 radical (unpaired) electrons. The van der Waals surface area contributed by atoms with Gasteiger partial charge in [-0.05, 0) is 72.0 Å². The Hall–Kier alpha value is -4.00. The van der Waals surface area contributed by atoms with Gasteiger partial charge in [0.05, 0.1) is 18.2 Å². The number of likely N-dealkylation sites (tertiary alicyclic amines) is 1. The van der Waals surface area contributed by atoms with Crippen LogP contribution in [0.1, 0.15) is 34.7 Å². The molecule has 1 saturated heterocycles. The van der Waals surface area contributed by atoms with E-state index in [1.807, 2.05) is 0 Å². The van der Waals surface area contributed by atoms with Crippen molar-refractivity contribution in [2.24, 2.45) is 0 Å². The predicted molar refractivity (Wildman–Crippen MR) is 121 cm³/mol. The van der Waals surface area contributed by atoms with Gasteiger partial charge in [-0.25, -0.2) is 8.78 Å². The molecule has 1 atom stereocenters. The minimum absolute atomic E-state index is 0.0156. The van der Waals surface area contributed by atoms with Gasteiger partial charge in [0.25, 0.3) is 11.7 Å². The fourth-order valence-corrected chi connectivity index (χ4v) is 4.48. The topological polar surface area (TPSA) is 66.8 Å². The molecule has 34 heavy (non-hydrogen) atoms. The molecule has 172 valence electrons. The van der Waals surface area contributed by atoms with E-state index in [1.165, 1.54) is 53.4 Å². The quantitative estimate of drug-likeness (QED) is 0.341. The first-order chi connectivity index (χ1) is 16.4. The number of aryl methyl sites for hydroxylation is 1. The third kappa shape index (κ3) is 3.94. The van der Waals surface area contributed by atoms with Gasteiger partial charge in [-0.15, -0.1) is 0 Å². The van der Waals surface area contributed by atoms with Gasteiger partial charge in [0.15, 0.2) is 0 Å². The molecule has 5 rings (SSSR count). The lowest BCUT2D eigenvalue weighted by Gasteiger charge is -2.25. The van der Waals surface area contributed by atoms with Gasteiger partial charge in [0, 0.05) is 12.1 Å². The number of aliphatic hydroxyl groups excluding tert-OH is 1. The van der Waals surface area contributed by atoms with Crippen LogP contribution in [0.3, 0.4) is 0 Å². The van der Waals surface area contributed by atoms with Crippen molar-refractivity contribution in [2.75, 3.05) is 6.61 Å². The zero-order valence-electron chi connectivity index (χ0n) is 18.1. The Balaban J connectivity index is 1.62. The van der Waals surface area contributed by atoms with Gasteiger partial charge >= 0.3 is 0 Å². The van der Waals surface area contributed by atoms with E-state index in [4.69, 9.17) is 4.74 Å². The van der Waals surface area contributed by atoms with Crippen molar-refractivity contribution in [3.05, 3.63) is 106 Å². The van der Waals surface area contributed by atoms with E-state index in [0.717, 1.165) is 24.2 Å². The number of hydrogen-bond acceptors (Lipinski definition) is 4. The van der Waals surface area contributed by atoms with Crippen LogP contribution in [0, 0.1) is 11.6 Å². The van der Waals surface area contributed by atoms with E-state index in [0.29, 0.717) is 23.3 Å². The molecular weight excluding hydrogens is 440 g/mol. The van der Waals surface area contributed by atoms with Gasteiger partial charge in [-0.3, -0.25) is 9.59 Å². The van der Waals surface area contributed by atoms with Crippen molar-refractivity contribution in [1.29, 1.82) is 0 Å². The van der Waals surface area contributed by atoms with Gasteiger partial charge in [0.1, 0.15) is 23.1 Å². The molecular formula is C27H21F2NO4. The van der Waals surface area contributed by atoms with Crippen LogP contribution in [-0.4, -0.2) is 28.3 Å². The Morgan fingerprint density at radius 2 is 1.65 bits per heavy atom. The number of halogens is 2. The number of ketones is 1. The second kappa shape index (κ2) is 8.74. The second-order valence-corrected chi connectivity index (χ2v) is 8.38. The monoisotopic (exact) mass is 461 g/mol. The Labute approximate surface area is 194 Å². The van der Waals surface area contributed by atoms with Crippen LogP contribution in [0.25, 0.3) is 5.76 Å². The summed E-state index contributed by atoms with van der Waals surface area (Å²) < 4.78 is 32.6. The lowest BCUT2D eigenvalue weighted by Crippen LogP contribution is -2.29. The standard InChI is InChI=1S/C27H21F2NO4/c28-20-8-3-16(4-9-20)15-30-24(17-5-10-21(29)11-6-17)23(26(32)27(30)33)25(31)19-7-12-22-18(14-19)2-1-13-34-22/h3-12,14,24,31H,1-2,13,15H2/b25-23-. The number of aliphatic hydroxyl groups is 1. The van der Waals surface area contributed by atoms with Crippen molar-refractivity contribution >= 4 is 17.4 Å². The summed E-state index contributed by atoms with van der Waals surface area (Å²) in [7, 11) is 0. The van der Waals surface area contributed by atoms with Crippen molar-refractivity contribution in [2.45, 2.75) is 25.4 Å². The van der Waals surface area contributed by atoms with E-state index in [1.54, 1.807) is 18.2 Å². The Morgan fingerprint density at radius 1 is 0.971 bits per heavy atom. The molecule has 7 heteroatoms. The van der Waals surface area contributed by atoms with Crippen molar-refractivity contribution in [1.82, 2.24) is 4.90 Å². The first-order valence-corrected chi connectivity index (χ1v) is 11.0. The average Bonchev–Trinajstić information content (AvgIpc) is 3.10. The molecule has 2 heterocycles. The highest BCUT2D eigenvalue weighted by Crippen LogP contribution is 2.41. The molecule has 0 saturated carbocycles. The molecule has 2 aliphatic rings. The number of benzene rings is 3. The highest BCUT2D eigenvalue weighted by molar-refractivity contribution is 6.46. The third-order valence-electron chi connectivity index (χ3n) is 6.17. The summed E-state index contributed by atoms with van der Waals surface area (Å²) in [6.45, 7) is 0.638. The number of ether oxygens (including phenoxy) is 1. The summed E-state index contributed by atoms with van der Waals surface area (Å²) in [4.78, 5) is 27.5. The van der Waals surface area contributed by atoms with Crippen LogP contribution in [0.5, 0.6) is 5.75 Å². The highest BCUT2D eigenvalue weighted by atomic mass is 19.1. The molecule has 1 N–H and O–H groups in total. The zero-order valence-corrected chi connectivity index (χ0v) is 18.1. The van der Waals surface area contributed by atoms with Gasteiger partial charge in [-0.1, -0.05) is 24.3 Å². The lowest BCUT2D eigenvalue weighted by atomic mass is 9.94. The van der Waals surface area contributed by atoms with Gasteiger partial charge < -0.3 is 14.7 Å². The van der Waals surface area contributed by atoms with Gasteiger partial charge in [0.2, 0.25) is 0 Å². The van der Waals surface area contributed by atoms with Crippen molar-refractivity contribution in [3.63, 3.8) is 0 Å². The smallest absolute Gasteiger partial charge is 0.295 e. The second-order valence-electron chi connectivity index (χ2n) is 8.38. The summed E-state index contributed by atoms with van der Waals surface area (Å²) in [5, 5.41) is 11.2. The minimum Gasteiger partial charge on any atom is -0.507 e. The number of amides is 1. The van der Waals surface area contributed by atoms with Gasteiger partial charge in [-0.2, -0.15) is 0 Å². The zero-order chi connectivity index (χ0) is 23.8. The molecule has 1 amide bonds. The summed E-state index contributed by atoms with van der Waals surface area (Å²) in [5.41, 5.74) is 2.33.